The molecule has 0 unspecified atom stereocenters. The van der Waals surface area contributed by atoms with Crippen LogP contribution in [0.4, 0.5) is 18.9 Å². The number of anilines is 1. The fourth-order valence-electron chi connectivity index (χ4n) is 2.06. The van der Waals surface area contributed by atoms with Crippen molar-refractivity contribution in [3.63, 3.8) is 0 Å². The number of thioether (sulfide) groups is 1. The second kappa shape index (κ2) is 5.82. The van der Waals surface area contributed by atoms with Gasteiger partial charge in [-0.2, -0.15) is 24.9 Å². The van der Waals surface area contributed by atoms with Crippen molar-refractivity contribution in [3.8, 4) is 0 Å². The minimum absolute atomic E-state index is 0.296. The van der Waals surface area contributed by atoms with Crippen molar-refractivity contribution in [2.75, 3.05) is 29.5 Å². The van der Waals surface area contributed by atoms with Crippen LogP contribution in [0.2, 0.25) is 0 Å². The summed E-state index contributed by atoms with van der Waals surface area (Å²) < 4.78 is 38.7. The maximum atomic E-state index is 12.9. The lowest BCUT2D eigenvalue weighted by Crippen LogP contribution is -2.33. The molecule has 1 aromatic rings. The molecule has 2 rings (SSSR count). The predicted molar refractivity (Wildman–Crippen MR) is 73.5 cm³/mol. The summed E-state index contributed by atoms with van der Waals surface area (Å²) in [5.41, 5.74) is 4.82. The molecule has 0 spiro atoms. The lowest BCUT2D eigenvalue weighted by Gasteiger charge is -2.29. The maximum Gasteiger partial charge on any atom is 0.417 e. The Bertz CT molecular complexity index is 513. The van der Waals surface area contributed by atoms with Crippen LogP contribution in [-0.4, -0.2) is 35.6 Å². The van der Waals surface area contributed by atoms with Crippen molar-refractivity contribution < 1.29 is 18.4 Å². The number of oxime groups is 1. The van der Waals surface area contributed by atoms with Crippen LogP contribution in [-0.2, 0) is 6.18 Å². The number of rotatable bonds is 2. The zero-order valence-electron chi connectivity index (χ0n) is 10.5. The minimum atomic E-state index is -4.54. The van der Waals surface area contributed by atoms with E-state index in [9.17, 15) is 13.2 Å². The Morgan fingerprint density at radius 1 is 1.30 bits per heavy atom. The second-order valence-electron chi connectivity index (χ2n) is 4.31. The number of benzene rings is 1. The van der Waals surface area contributed by atoms with Crippen LogP contribution in [0.15, 0.2) is 23.4 Å². The van der Waals surface area contributed by atoms with Crippen LogP contribution in [0.5, 0.6) is 0 Å². The van der Waals surface area contributed by atoms with Crippen molar-refractivity contribution in [1.82, 2.24) is 0 Å². The van der Waals surface area contributed by atoms with Crippen molar-refractivity contribution in [1.29, 1.82) is 0 Å². The average molecular weight is 305 g/mol. The zero-order chi connectivity index (χ0) is 14.8. The quantitative estimate of drug-likeness (QED) is 0.381. The Balaban J connectivity index is 2.43. The van der Waals surface area contributed by atoms with Gasteiger partial charge >= 0.3 is 6.18 Å². The molecule has 3 N–H and O–H groups in total. The van der Waals surface area contributed by atoms with Crippen LogP contribution in [0.25, 0.3) is 0 Å². The van der Waals surface area contributed by atoms with Crippen LogP contribution < -0.4 is 10.6 Å². The van der Waals surface area contributed by atoms with E-state index >= 15 is 0 Å². The lowest BCUT2D eigenvalue weighted by atomic mass is 10.0. The molecule has 0 aliphatic carbocycles. The van der Waals surface area contributed by atoms with E-state index in [-0.39, 0.29) is 5.56 Å². The van der Waals surface area contributed by atoms with Gasteiger partial charge in [0.25, 0.3) is 0 Å². The highest BCUT2D eigenvalue weighted by Gasteiger charge is 2.34. The molecule has 1 heterocycles. The van der Waals surface area contributed by atoms with Crippen LogP contribution in [0, 0.1) is 0 Å². The summed E-state index contributed by atoms with van der Waals surface area (Å²) in [6.07, 6.45) is -4.54. The van der Waals surface area contributed by atoms with E-state index in [4.69, 9.17) is 10.9 Å². The van der Waals surface area contributed by atoms with E-state index < -0.39 is 17.6 Å². The smallest absolute Gasteiger partial charge is 0.409 e. The van der Waals surface area contributed by atoms with Crippen LogP contribution >= 0.6 is 11.8 Å². The molecule has 1 aliphatic rings. The van der Waals surface area contributed by atoms with Gasteiger partial charge in [0, 0.05) is 35.8 Å². The summed E-state index contributed by atoms with van der Waals surface area (Å²) in [6, 6.07) is 3.73. The Morgan fingerprint density at radius 3 is 2.50 bits per heavy atom. The molecule has 0 amide bonds. The van der Waals surface area contributed by atoms with Crippen molar-refractivity contribution in [2.24, 2.45) is 10.9 Å². The molecule has 1 aliphatic heterocycles. The monoisotopic (exact) mass is 305 g/mol. The van der Waals surface area contributed by atoms with Gasteiger partial charge in [-0.1, -0.05) is 5.16 Å². The van der Waals surface area contributed by atoms with E-state index in [1.165, 1.54) is 12.1 Å². The van der Waals surface area contributed by atoms with Gasteiger partial charge in [-0.15, -0.1) is 0 Å². The normalized spacial score (nSPS) is 17.4. The number of amidine groups is 1. The standard InChI is InChI=1S/C12H14F3N3OS/c13-12(14,15)10-2-1-8(7-9(10)11(16)17-19)18-3-5-20-6-4-18/h1-2,7,19H,3-6H2,(H2,16,17). The first-order chi connectivity index (χ1) is 9.43. The van der Waals surface area contributed by atoms with Gasteiger partial charge in [-0.05, 0) is 18.2 Å². The highest BCUT2D eigenvalue weighted by atomic mass is 32.2. The highest BCUT2D eigenvalue weighted by Crippen LogP contribution is 2.34. The van der Waals surface area contributed by atoms with Gasteiger partial charge in [0.15, 0.2) is 5.84 Å². The Kier molecular flexibility index (Phi) is 4.32. The summed E-state index contributed by atoms with van der Waals surface area (Å²) in [4.78, 5) is 1.99. The van der Waals surface area contributed by atoms with Gasteiger partial charge in [0.1, 0.15) is 0 Å². The van der Waals surface area contributed by atoms with E-state index in [1.54, 1.807) is 11.8 Å². The summed E-state index contributed by atoms with van der Waals surface area (Å²) in [5.74, 6) is 1.32. The number of nitrogens with two attached hydrogens (primary N) is 1. The van der Waals surface area contributed by atoms with Gasteiger partial charge < -0.3 is 15.8 Å². The molecule has 4 nitrogen and oxygen atoms in total. The third kappa shape index (κ3) is 3.12. The molecular formula is C12H14F3N3OS. The van der Waals surface area contributed by atoms with Crippen molar-refractivity contribution in [3.05, 3.63) is 29.3 Å². The topological polar surface area (TPSA) is 61.9 Å². The van der Waals surface area contributed by atoms with E-state index in [0.29, 0.717) is 5.69 Å². The lowest BCUT2D eigenvalue weighted by molar-refractivity contribution is -0.137. The molecular weight excluding hydrogens is 291 g/mol. The van der Waals surface area contributed by atoms with E-state index in [0.717, 1.165) is 30.7 Å². The maximum absolute atomic E-state index is 12.9. The van der Waals surface area contributed by atoms with Gasteiger partial charge in [0.2, 0.25) is 0 Å². The first kappa shape index (κ1) is 14.8. The Morgan fingerprint density at radius 2 is 1.95 bits per heavy atom. The number of halogens is 3. The van der Waals surface area contributed by atoms with E-state index in [2.05, 4.69) is 5.16 Å². The Hall–Kier alpha value is -1.57. The first-order valence-corrected chi connectivity index (χ1v) is 7.11. The van der Waals surface area contributed by atoms with Crippen LogP contribution in [0.3, 0.4) is 0 Å². The largest absolute Gasteiger partial charge is 0.417 e. The molecule has 8 heteroatoms. The molecule has 1 fully saturated rings. The fourth-order valence-corrected chi connectivity index (χ4v) is 2.97. The number of nitrogens with zero attached hydrogens (tertiary/aromatic N) is 2. The second-order valence-corrected chi connectivity index (χ2v) is 5.54. The molecule has 0 radical (unpaired) electrons. The molecule has 1 saturated heterocycles. The van der Waals surface area contributed by atoms with E-state index in [1.807, 2.05) is 4.90 Å². The Labute approximate surface area is 118 Å². The third-order valence-electron chi connectivity index (χ3n) is 3.07. The fraction of sp³-hybridized carbons (Fsp3) is 0.417. The molecule has 0 bridgehead atoms. The molecule has 20 heavy (non-hydrogen) atoms. The number of hydrogen-bond acceptors (Lipinski definition) is 4. The minimum Gasteiger partial charge on any atom is -0.409 e. The molecule has 0 atom stereocenters. The first-order valence-electron chi connectivity index (χ1n) is 5.95. The summed E-state index contributed by atoms with van der Waals surface area (Å²) in [6.45, 7) is 1.54. The summed E-state index contributed by atoms with van der Waals surface area (Å²) in [7, 11) is 0. The van der Waals surface area contributed by atoms with Gasteiger partial charge in [-0.3, -0.25) is 0 Å². The van der Waals surface area contributed by atoms with Gasteiger partial charge in [-0.25, -0.2) is 0 Å². The van der Waals surface area contributed by atoms with Crippen molar-refractivity contribution in [2.45, 2.75) is 6.18 Å². The summed E-state index contributed by atoms with van der Waals surface area (Å²) >= 11 is 1.81. The number of alkyl halides is 3. The molecule has 110 valence electrons. The predicted octanol–water partition coefficient (Wildman–Crippen LogP) is 2.35. The molecule has 0 aromatic heterocycles. The average Bonchev–Trinajstić information content (AvgIpc) is 2.45. The summed E-state index contributed by atoms with van der Waals surface area (Å²) in [5, 5.41) is 11.3. The highest BCUT2D eigenvalue weighted by molar-refractivity contribution is 7.99. The van der Waals surface area contributed by atoms with Crippen LogP contribution in [0.1, 0.15) is 11.1 Å². The third-order valence-corrected chi connectivity index (χ3v) is 4.01. The molecule has 0 saturated carbocycles. The zero-order valence-corrected chi connectivity index (χ0v) is 11.3. The SMILES string of the molecule is N/C(=N/O)c1cc(N2CCSCC2)ccc1C(F)(F)F. The van der Waals surface area contributed by atoms with Gasteiger partial charge in [0.05, 0.1) is 5.56 Å². The van der Waals surface area contributed by atoms with Crippen molar-refractivity contribution >= 4 is 23.3 Å². The number of hydrogen-bond donors (Lipinski definition) is 2. The molecule has 1 aromatic carbocycles.